The molecule has 1 aliphatic carbocycles. The van der Waals surface area contributed by atoms with E-state index in [4.69, 9.17) is 5.73 Å². The number of aliphatic hydroxyl groups is 1. The average Bonchev–Trinajstić information content (AvgIpc) is 3.04. The van der Waals surface area contributed by atoms with E-state index in [-0.39, 0.29) is 11.9 Å². The van der Waals surface area contributed by atoms with Gasteiger partial charge in [0.25, 0.3) is 0 Å². The molecular weight excluding hydrogens is 204 g/mol. The van der Waals surface area contributed by atoms with Gasteiger partial charge in [-0.3, -0.25) is 4.79 Å². The van der Waals surface area contributed by atoms with Crippen molar-refractivity contribution >= 4 is 5.91 Å². The van der Waals surface area contributed by atoms with Gasteiger partial charge in [-0.1, -0.05) is 19.8 Å². The van der Waals surface area contributed by atoms with Gasteiger partial charge in [0.2, 0.25) is 5.91 Å². The number of rotatable bonds is 5. The SMILES string of the molecule is CCCCC(N)C(=O)N1CC(O)(C2CC2)C1. The molecule has 1 heterocycles. The highest BCUT2D eigenvalue weighted by atomic mass is 16.3. The summed E-state index contributed by atoms with van der Waals surface area (Å²) in [5.41, 5.74) is 5.24. The van der Waals surface area contributed by atoms with Gasteiger partial charge in [-0.25, -0.2) is 0 Å². The van der Waals surface area contributed by atoms with Crippen LogP contribution in [0.5, 0.6) is 0 Å². The predicted octanol–water partition coefficient (Wildman–Crippen LogP) is 0.487. The highest BCUT2D eigenvalue weighted by molar-refractivity contribution is 5.82. The Balaban J connectivity index is 1.75. The topological polar surface area (TPSA) is 66.6 Å². The second kappa shape index (κ2) is 4.34. The molecule has 3 N–H and O–H groups in total. The zero-order valence-electron chi connectivity index (χ0n) is 9.98. The summed E-state index contributed by atoms with van der Waals surface area (Å²) >= 11 is 0. The fraction of sp³-hybridized carbons (Fsp3) is 0.917. The van der Waals surface area contributed by atoms with Crippen LogP contribution in [0.3, 0.4) is 0 Å². The molecule has 16 heavy (non-hydrogen) atoms. The summed E-state index contributed by atoms with van der Waals surface area (Å²) in [6.07, 6.45) is 5.04. The van der Waals surface area contributed by atoms with Crippen LogP contribution in [-0.2, 0) is 4.79 Å². The Kier molecular flexibility index (Phi) is 3.22. The van der Waals surface area contributed by atoms with Gasteiger partial charge < -0.3 is 15.7 Å². The number of β-amino-alcohol motifs (C(OH)–C–C–N with tert-alkyl or cyclic N) is 1. The van der Waals surface area contributed by atoms with E-state index in [0.717, 1.165) is 32.1 Å². The van der Waals surface area contributed by atoms with Crippen molar-refractivity contribution in [3.8, 4) is 0 Å². The van der Waals surface area contributed by atoms with E-state index >= 15 is 0 Å². The monoisotopic (exact) mass is 226 g/mol. The number of nitrogens with zero attached hydrogens (tertiary/aromatic N) is 1. The Morgan fingerprint density at radius 3 is 2.69 bits per heavy atom. The first-order valence-corrected chi connectivity index (χ1v) is 6.33. The third kappa shape index (κ3) is 2.23. The lowest BCUT2D eigenvalue weighted by molar-refractivity contribution is -0.160. The highest BCUT2D eigenvalue weighted by Gasteiger charge is 2.53. The smallest absolute Gasteiger partial charge is 0.239 e. The number of likely N-dealkylation sites (tertiary alicyclic amines) is 1. The summed E-state index contributed by atoms with van der Waals surface area (Å²) in [6.45, 7) is 3.08. The fourth-order valence-corrected chi connectivity index (χ4v) is 2.43. The van der Waals surface area contributed by atoms with Crippen LogP contribution in [0.2, 0.25) is 0 Å². The number of hydrogen-bond acceptors (Lipinski definition) is 3. The minimum absolute atomic E-state index is 0.0128. The summed E-state index contributed by atoms with van der Waals surface area (Å²) in [5.74, 6) is 0.446. The van der Waals surface area contributed by atoms with E-state index in [0.29, 0.717) is 19.0 Å². The van der Waals surface area contributed by atoms with Crippen molar-refractivity contribution in [2.75, 3.05) is 13.1 Å². The molecule has 1 saturated heterocycles. The third-order valence-corrected chi connectivity index (χ3v) is 3.76. The highest BCUT2D eigenvalue weighted by Crippen LogP contribution is 2.44. The quantitative estimate of drug-likeness (QED) is 0.717. The van der Waals surface area contributed by atoms with Gasteiger partial charge in [-0.2, -0.15) is 0 Å². The van der Waals surface area contributed by atoms with Crippen molar-refractivity contribution < 1.29 is 9.90 Å². The lowest BCUT2D eigenvalue weighted by Gasteiger charge is -2.47. The molecule has 0 aromatic heterocycles. The second-order valence-corrected chi connectivity index (χ2v) is 5.32. The number of nitrogens with two attached hydrogens (primary N) is 1. The number of carbonyl (C=O) groups is 1. The largest absolute Gasteiger partial charge is 0.386 e. The molecular formula is C12H22N2O2. The lowest BCUT2D eigenvalue weighted by Crippen LogP contribution is -2.66. The normalized spacial score (nSPS) is 25.1. The van der Waals surface area contributed by atoms with Gasteiger partial charge in [0, 0.05) is 0 Å². The number of unbranched alkanes of at least 4 members (excludes halogenated alkanes) is 1. The Hall–Kier alpha value is -0.610. The van der Waals surface area contributed by atoms with E-state index in [2.05, 4.69) is 6.92 Å². The van der Waals surface area contributed by atoms with Gasteiger partial charge in [0.05, 0.1) is 19.1 Å². The molecule has 2 rings (SSSR count). The molecule has 0 radical (unpaired) electrons. The number of amides is 1. The molecule has 0 bridgehead atoms. The van der Waals surface area contributed by atoms with Crippen molar-refractivity contribution in [1.82, 2.24) is 4.90 Å². The third-order valence-electron chi connectivity index (χ3n) is 3.76. The van der Waals surface area contributed by atoms with E-state index in [1.807, 2.05) is 0 Å². The van der Waals surface area contributed by atoms with Crippen LogP contribution in [0.25, 0.3) is 0 Å². The van der Waals surface area contributed by atoms with Gasteiger partial charge >= 0.3 is 0 Å². The van der Waals surface area contributed by atoms with E-state index in [1.54, 1.807) is 4.90 Å². The van der Waals surface area contributed by atoms with E-state index < -0.39 is 5.60 Å². The summed E-state index contributed by atoms with van der Waals surface area (Å²) in [5, 5.41) is 10.1. The zero-order valence-corrected chi connectivity index (χ0v) is 9.98. The Bertz CT molecular complexity index is 270. The molecule has 0 aromatic rings. The summed E-state index contributed by atoms with van der Waals surface area (Å²) in [4.78, 5) is 13.6. The van der Waals surface area contributed by atoms with Gasteiger partial charge in [0.1, 0.15) is 5.60 Å². The van der Waals surface area contributed by atoms with Crippen molar-refractivity contribution in [2.45, 2.75) is 50.7 Å². The van der Waals surface area contributed by atoms with Gasteiger partial charge in [-0.15, -0.1) is 0 Å². The molecule has 4 heteroatoms. The zero-order chi connectivity index (χ0) is 11.8. The molecule has 2 aliphatic rings. The number of hydrogen-bond donors (Lipinski definition) is 2. The summed E-state index contributed by atoms with van der Waals surface area (Å²) in [6, 6.07) is -0.372. The molecule has 0 aromatic carbocycles. The van der Waals surface area contributed by atoms with E-state index in [9.17, 15) is 9.90 Å². The van der Waals surface area contributed by atoms with Crippen LogP contribution in [0.15, 0.2) is 0 Å². The minimum atomic E-state index is -0.583. The standard InChI is InChI=1S/C12H22N2O2/c1-2-3-4-10(13)11(15)14-7-12(16,8-14)9-5-6-9/h9-10,16H,2-8,13H2,1H3. The van der Waals surface area contributed by atoms with Crippen molar-refractivity contribution in [2.24, 2.45) is 11.7 Å². The van der Waals surface area contributed by atoms with E-state index in [1.165, 1.54) is 0 Å². The van der Waals surface area contributed by atoms with Gasteiger partial charge in [0.15, 0.2) is 0 Å². The second-order valence-electron chi connectivity index (χ2n) is 5.32. The first-order chi connectivity index (χ1) is 7.57. The molecule has 1 aliphatic heterocycles. The molecule has 0 spiro atoms. The number of carbonyl (C=O) groups excluding carboxylic acids is 1. The molecule has 2 fully saturated rings. The van der Waals surface area contributed by atoms with Crippen LogP contribution < -0.4 is 5.73 Å². The van der Waals surface area contributed by atoms with Crippen LogP contribution in [0.1, 0.15) is 39.0 Å². The molecule has 1 unspecified atom stereocenters. The molecule has 1 atom stereocenters. The molecule has 1 saturated carbocycles. The first kappa shape index (κ1) is 11.9. The maximum Gasteiger partial charge on any atom is 0.239 e. The van der Waals surface area contributed by atoms with Gasteiger partial charge in [-0.05, 0) is 25.2 Å². The first-order valence-electron chi connectivity index (χ1n) is 6.33. The fourth-order valence-electron chi connectivity index (χ4n) is 2.43. The lowest BCUT2D eigenvalue weighted by atomic mass is 9.88. The maximum absolute atomic E-state index is 11.9. The average molecular weight is 226 g/mol. The summed E-state index contributed by atoms with van der Waals surface area (Å²) < 4.78 is 0. The van der Waals surface area contributed by atoms with Crippen LogP contribution in [0, 0.1) is 5.92 Å². The van der Waals surface area contributed by atoms with Crippen molar-refractivity contribution in [3.05, 3.63) is 0 Å². The van der Waals surface area contributed by atoms with Crippen molar-refractivity contribution in [1.29, 1.82) is 0 Å². The minimum Gasteiger partial charge on any atom is -0.386 e. The molecule has 92 valence electrons. The van der Waals surface area contributed by atoms with Crippen molar-refractivity contribution in [3.63, 3.8) is 0 Å². The Labute approximate surface area is 96.8 Å². The van der Waals surface area contributed by atoms with Crippen LogP contribution in [0.4, 0.5) is 0 Å². The molecule has 1 amide bonds. The van der Waals surface area contributed by atoms with Crippen LogP contribution in [-0.4, -0.2) is 40.6 Å². The Morgan fingerprint density at radius 1 is 1.56 bits per heavy atom. The Morgan fingerprint density at radius 2 is 2.19 bits per heavy atom. The molecule has 4 nitrogen and oxygen atoms in total. The van der Waals surface area contributed by atoms with Crippen LogP contribution >= 0.6 is 0 Å². The maximum atomic E-state index is 11.9. The predicted molar refractivity (Wildman–Crippen MR) is 61.8 cm³/mol. The summed E-state index contributed by atoms with van der Waals surface area (Å²) in [7, 11) is 0.